The van der Waals surface area contributed by atoms with Gasteiger partial charge in [-0.1, -0.05) is 0 Å². The fraction of sp³-hybridized carbons (Fsp3) is 0.333. The number of amides is 1. The third kappa shape index (κ3) is 3.05. The summed E-state index contributed by atoms with van der Waals surface area (Å²) in [4.78, 5) is 21.9. The largest absolute Gasteiger partial charge is 0.465 e. The molecule has 0 unspecified atom stereocenters. The van der Waals surface area contributed by atoms with Gasteiger partial charge in [0.25, 0.3) is 0 Å². The van der Waals surface area contributed by atoms with Crippen molar-refractivity contribution in [2.45, 2.75) is 18.6 Å². The standard InChI is InChI=1S/C12H11F2NO4/c13-6-1-2-9(14)8(3-6)11-10(15-12(17)18)4-7(16)5-19-11/h1-3,10-11,15H,4-5H2,(H,17,18)/t10-,11+/m0/s1. The van der Waals surface area contributed by atoms with Crippen LogP contribution in [-0.4, -0.2) is 29.6 Å². The van der Waals surface area contributed by atoms with E-state index in [0.29, 0.717) is 0 Å². The van der Waals surface area contributed by atoms with Crippen molar-refractivity contribution >= 4 is 11.9 Å². The average molecular weight is 271 g/mol. The van der Waals surface area contributed by atoms with E-state index >= 15 is 0 Å². The summed E-state index contributed by atoms with van der Waals surface area (Å²) in [5, 5.41) is 10.8. The van der Waals surface area contributed by atoms with E-state index < -0.39 is 29.9 Å². The van der Waals surface area contributed by atoms with E-state index in [1.54, 1.807) is 0 Å². The summed E-state index contributed by atoms with van der Waals surface area (Å²) in [5.74, 6) is -1.67. The molecule has 5 nitrogen and oxygen atoms in total. The fourth-order valence-electron chi connectivity index (χ4n) is 2.03. The van der Waals surface area contributed by atoms with E-state index in [1.165, 1.54) is 0 Å². The number of rotatable bonds is 2. The number of hydrogen-bond acceptors (Lipinski definition) is 3. The second-order valence-electron chi connectivity index (χ2n) is 4.20. The maximum absolute atomic E-state index is 13.7. The Kier molecular flexibility index (Phi) is 3.75. The number of carbonyl (C=O) groups excluding carboxylic acids is 1. The lowest BCUT2D eigenvalue weighted by Crippen LogP contribution is -2.45. The molecule has 0 radical (unpaired) electrons. The Morgan fingerprint density at radius 2 is 2.16 bits per heavy atom. The summed E-state index contributed by atoms with van der Waals surface area (Å²) in [6, 6.07) is 1.89. The summed E-state index contributed by atoms with van der Waals surface area (Å²) in [5.41, 5.74) is -0.105. The van der Waals surface area contributed by atoms with Crippen molar-refractivity contribution in [3.8, 4) is 0 Å². The van der Waals surface area contributed by atoms with Gasteiger partial charge in [0.05, 0.1) is 6.04 Å². The molecule has 19 heavy (non-hydrogen) atoms. The summed E-state index contributed by atoms with van der Waals surface area (Å²) in [7, 11) is 0. The molecule has 0 aromatic heterocycles. The molecular formula is C12H11F2NO4. The molecule has 1 fully saturated rings. The van der Waals surface area contributed by atoms with Crippen molar-refractivity contribution in [1.29, 1.82) is 0 Å². The molecule has 0 aliphatic carbocycles. The Morgan fingerprint density at radius 1 is 1.42 bits per heavy atom. The number of ether oxygens (including phenoxy) is 1. The van der Waals surface area contributed by atoms with E-state index in [9.17, 15) is 18.4 Å². The maximum atomic E-state index is 13.7. The third-order valence-electron chi connectivity index (χ3n) is 2.81. The van der Waals surface area contributed by atoms with Gasteiger partial charge in [0.15, 0.2) is 5.78 Å². The minimum Gasteiger partial charge on any atom is -0.465 e. The van der Waals surface area contributed by atoms with Crippen LogP contribution in [-0.2, 0) is 9.53 Å². The molecule has 1 saturated heterocycles. The van der Waals surface area contributed by atoms with Crippen LogP contribution in [0.5, 0.6) is 0 Å². The molecule has 2 atom stereocenters. The van der Waals surface area contributed by atoms with Crippen LogP contribution >= 0.6 is 0 Å². The minimum atomic E-state index is -1.36. The predicted octanol–water partition coefficient (Wildman–Crippen LogP) is 1.63. The number of halogens is 2. The topological polar surface area (TPSA) is 75.6 Å². The van der Waals surface area contributed by atoms with Crippen LogP contribution in [0.2, 0.25) is 0 Å². The summed E-state index contributed by atoms with van der Waals surface area (Å²) < 4.78 is 31.9. The van der Waals surface area contributed by atoms with Gasteiger partial charge in [0, 0.05) is 12.0 Å². The minimum absolute atomic E-state index is 0.105. The molecular weight excluding hydrogens is 260 g/mol. The molecule has 2 N–H and O–H groups in total. The Balaban J connectivity index is 2.31. The van der Waals surface area contributed by atoms with Crippen molar-refractivity contribution in [2.24, 2.45) is 0 Å². The summed E-state index contributed by atoms with van der Waals surface area (Å²) in [6.45, 7) is -0.252. The second kappa shape index (κ2) is 5.31. The Morgan fingerprint density at radius 3 is 2.84 bits per heavy atom. The van der Waals surface area contributed by atoms with Gasteiger partial charge in [-0.3, -0.25) is 4.79 Å². The highest BCUT2D eigenvalue weighted by molar-refractivity contribution is 5.81. The molecule has 1 aromatic rings. The lowest BCUT2D eigenvalue weighted by Gasteiger charge is -2.31. The average Bonchev–Trinajstić information content (AvgIpc) is 2.32. The van der Waals surface area contributed by atoms with Crippen molar-refractivity contribution in [2.75, 3.05) is 6.61 Å². The molecule has 1 aromatic carbocycles. The number of carboxylic acid groups (broad SMARTS) is 1. The van der Waals surface area contributed by atoms with E-state index in [4.69, 9.17) is 9.84 Å². The quantitative estimate of drug-likeness (QED) is 0.857. The second-order valence-corrected chi connectivity index (χ2v) is 4.20. The van der Waals surface area contributed by atoms with Gasteiger partial charge >= 0.3 is 6.09 Å². The van der Waals surface area contributed by atoms with Crippen molar-refractivity contribution < 1.29 is 28.2 Å². The first-order valence-electron chi connectivity index (χ1n) is 5.55. The van der Waals surface area contributed by atoms with Crippen molar-refractivity contribution in [3.63, 3.8) is 0 Å². The highest BCUT2D eigenvalue weighted by Gasteiger charge is 2.34. The van der Waals surface area contributed by atoms with Crippen LogP contribution in [0.25, 0.3) is 0 Å². The van der Waals surface area contributed by atoms with Crippen LogP contribution in [0, 0.1) is 11.6 Å². The van der Waals surface area contributed by atoms with Gasteiger partial charge in [0.1, 0.15) is 24.3 Å². The first kappa shape index (κ1) is 13.4. The van der Waals surface area contributed by atoms with Gasteiger partial charge in [-0.15, -0.1) is 0 Å². The molecule has 1 aliphatic rings. The Hall–Kier alpha value is -2.02. The van der Waals surface area contributed by atoms with Crippen LogP contribution in [0.1, 0.15) is 18.1 Å². The van der Waals surface area contributed by atoms with Crippen molar-refractivity contribution in [3.05, 3.63) is 35.4 Å². The van der Waals surface area contributed by atoms with Gasteiger partial charge in [-0.25, -0.2) is 13.6 Å². The van der Waals surface area contributed by atoms with Crippen LogP contribution in [0.4, 0.5) is 13.6 Å². The zero-order chi connectivity index (χ0) is 14.0. The van der Waals surface area contributed by atoms with Crippen molar-refractivity contribution in [1.82, 2.24) is 5.32 Å². The number of carbonyl (C=O) groups is 2. The summed E-state index contributed by atoms with van der Waals surface area (Å²) in [6.07, 6.45) is -2.50. The monoisotopic (exact) mass is 271 g/mol. The normalized spacial score (nSPS) is 23.2. The van der Waals surface area contributed by atoms with Crippen LogP contribution < -0.4 is 5.32 Å². The maximum Gasteiger partial charge on any atom is 0.404 e. The lowest BCUT2D eigenvalue weighted by molar-refractivity contribution is -0.133. The van der Waals surface area contributed by atoms with Crippen LogP contribution in [0.3, 0.4) is 0 Å². The van der Waals surface area contributed by atoms with E-state index in [2.05, 4.69) is 5.32 Å². The smallest absolute Gasteiger partial charge is 0.404 e. The Bertz CT molecular complexity index is 518. The summed E-state index contributed by atoms with van der Waals surface area (Å²) >= 11 is 0. The molecule has 1 aliphatic heterocycles. The van der Waals surface area contributed by atoms with E-state index in [0.717, 1.165) is 18.2 Å². The van der Waals surface area contributed by atoms with Gasteiger partial charge in [-0.05, 0) is 18.2 Å². The van der Waals surface area contributed by atoms with Gasteiger partial charge in [-0.2, -0.15) is 0 Å². The number of benzene rings is 1. The Labute approximate surface area is 107 Å². The molecule has 7 heteroatoms. The number of ketones is 1. The van der Waals surface area contributed by atoms with Gasteiger partial charge < -0.3 is 15.2 Å². The predicted molar refractivity (Wildman–Crippen MR) is 59.6 cm³/mol. The molecule has 102 valence electrons. The SMILES string of the molecule is O=C1CO[C@H](c2cc(F)ccc2F)[C@@H](NC(=O)O)C1. The van der Waals surface area contributed by atoms with Gasteiger partial charge in [0.2, 0.25) is 0 Å². The molecule has 0 spiro atoms. The number of Topliss-reactive ketones (excluding diaryl/α,β-unsaturated/α-hetero) is 1. The first-order chi connectivity index (χ1) is 8.97. The number of nitrogens with one attached hydrogen (secondary N) is 1. The zero-order valence-corrected chi connectivity index (χ0v) is 9.73. The number of hydrogen-bond donors (Lipinski definition) is 2. The highest BCUT2D eigenvalue weighted by atomic mass is 19.1. The molecule has 1 amide bonds. The third-order valence-corrected chi connectivity index (χ3v) is 2.81. The highest BCUT2D eigenvalue weighted by Crippen LogP contribution is 2.29. The lowest BCUT2D eigenvalue weighted by atomic mass is 9.95. The molecule has 0 bridgehead atoms. The van der Waals surface area contributed by atoms with E-state index in [-0.39, 0.29) is 24.4 Å². The first-order valence-corrected chi connectivity index (χ1v) is 5.55. The van der Waals surface area contributed by atoms with E-state index in [1.807, 2.05) is 0 Å². The van der Waals surface area contributed by atoms with Crippen LogP contribution in [0.15, 0.2) is 18.2 Å². The molecule has 2 rings (SSSR count). The fourth-order valence-corrected chi connectivity index (χ4v) is 2.03. The molecule has 1 heterocycles. The zero-order valence-electron chi connectivity index (χ0n) is 9.73. The molecule has 0 saturated carbocycles.